The van der Waals surface area contributed by atoms with Crippen molar-refractivity contribution in [1.29, 1.82) is 0 Å². The van der Waals surface area contributed by atoms with Crippen LogP contribution in [-0.2, 0) is 16.0 Å². The van der Waals surface area contributed by atoms with Gasteiger partial charge in [0.2, 0.25) is 11.8 Å². The van der Waals surface area contributed by atoms with Gasteiger partial charge in [-0.15, -0.1) is 0 Å². The van der Waals surface area contributed by atoms with E-state index in [4.69, 9.17) is 0 Å². The molecule has 1 saturated heterocycles. The van der Waals surface area contributed by atoms with Crippen molar-refractivity contribution in [3.05, 3.63) is 35.9 Å². The van der Waals surface area contributed by atoms with Crippen molar-refractivity contribution >= 4 is 11.8 Å². The van der Waals surface area contributed by atoms with Crippen LogP contribution < -0.4 is 5.32 Å². The Labute approximate surface area is 139 Å². The summed E-state index contributed by atoms with van der Waals surface area (Å²) < 4.78 is 0. The predicted molar refractivity (Wildman–Crippen MR) is 92.0 cm³/mol. The van der Waals surface area contributed by atoms with Crippen LogP contribution in [0.1, 0.15) is 45.1 Å². The zero-order valence-electron chi connectivity index (χ0n) is 14.3. The molecule has 1 atom stereocenters. The molecule has 0 radical (unpaired) electrons. The van der Waals surface area contributed by atoms with Gasteiger partial charge in [0.1, 0.15) is 6.04 Å². The molecule has 0 aliphatic carbocycles. The maximum Gasteiger partial charge on any atom is 0.245 e. The first kappa shape index (κ1) is 17.5. The molecule has 4 heteroatoms. The minimum Gasteiger partial charge on any atom is -0.344 e. The topological polar surface area (TPSA) is 49.4 Å². The van der Waals surface area contributed by atoms with Gasteiger partial charge in [-0.1, -0.05) is 44.2 Å². The van der Waals surface area contributed by atoms with E-state index >= 15 is 0 Å². The molecule has 0 spiro atoms. The molecule has 23 heavy (non-hydrogen) atoms. The van der Waals surface area contributed by atoms with E-state index in [0.717, 1.165) is 38.8 Å². The second-order valence-electron chi connectivity index (χ2n) is 6.66. The lowest BCUT2D eigenvalue weighted by Gasteiger charge is -2.26. The summed E-state index contributed by atoms with van der Waals surface area (Å²) in [7, 11) is 0. The number of benzene rings is 1. The number of nitrogens with one attached hydrogen (secondary N) is 1. The van der Waals surface area contributed by atoms with E-state index in [1.165, 1.54) is 5.56 Å². The van der Waals surface area contributed by atoms with Crippen molar-refractivity contribution in [1.82, 2.24) is 10.2 Å². The molecule has 1 heterocycles. The normalized spacial score (nSPS) is 15.7. The summed E-state index contributed by atoms with van der Waals surface area (Å²) in [6.07, 6.45) is 4.30. The lowest BCUT2D eigenvalue weighted by Crippen LogP contribution is -2.50. The van der Waals surface area contributed by atoms with Crippen LogP contribution in [-0.4, -0.2) is 35.8 Å². The van der Waals surface area contributed by atoms with Crippen LogP contribution in [0.15, 0.2) is 30.3 Å². The smallest absolute Gasteiger partial charge is 0.245 e. The van der Waals surface area contributed by atoms with Crippen LogP contribution in [0.2, 0.25) is 0 Å². The molecule has 1 unspecified atom stereocenters. The van der Waals surface area contributed by atoms with Crippen molar-refractivity contribution in [2.75, 3.05) is 13.1 Å². The Morgan fingerprint density at radius 3 is 2.39 bits per heavy atom. The van der Waals surface area contributed by atoms with Crippen LogP contribution in [0.4, 0.5) is 0 Å². The molecule has 1 aromatic carbocycles. The molecule has 1 aliphatic rings. The minimum absolute atomic E-state index is 0.0211. The van der Waals surface area contributed by atoms with Gasteiger partial charge in [-0.2, -0.15) is 0 Å². The monoisotopic (exact) mass is 316 g/mol. The number of likely N-dealkylation sites (tertiary alicyclic amines) is 1. The molecular weight excluding hydrogens is 288 g/mol. The molecule has 1 N–H and O–H groups in total. The molecular formula is C19H28N2O2. The van der Waals surface area contributed by atoms with Crippen LogP contribution >= 0.6 is 0 Å². The highest BCUT2D eigenvalue weighted by atomic mass is 16.2. The highest BCUT2D eigenvalue weighted by Crippen LogP contribution is 2.13. The summed E-state index contributed by atoms with van der Waals surface area (Å²) in [6, 6.07) is 9.78. The van der Waals surface area contributed by atoms with Gasteiger partial charge in [-0.3, -0.25) is 9.59 Å². The largest absolute Gasteiger partial charge is 0.344 e. The van der Waals surface area contributed by atoms with Gasteiger partial charge in [-0.25, -0.2) is 0 Å². The molecule has 2 rings (SSSR count). The number of hydrogen-bond acceptors (Lipinski definition) is 2. The van der Waals surface area contributed by atoms with E-state index < -0.39 is 6.04 Å². The quantitative estimate of drug-likeness (QED) is 0.841. The summed E-state index contributed by atoms with van der Waals surface area (Å²) in [5.74, 6) is 0.169. The van der Waals surface area contributed by atoms with E-state index in [-0.39, 0.29) is 17.7 Å². The molecule has 0 saturated carbocycles. The second-order valence-corrected chi connectivity index (χ2v) is 6.66. The van der Waals surface area contributed by atoms with Crippen molar-refractivity contribution in [2.24, 2.45) is 5.92 Å². The molecule has 1 aromatic rings. The number of carbonyl (C=O) groups is 2. The Morgan fingerprint density at radius 1 is 1.13 bits per heavy atom. The van der Waals surface area contributed by atoms with Crippen LogP contribution in [0.25, 0.3) is 0 Å². The number of rotatable bonds is 7. The molecule has 0 aromatic heterocycles. The maximum absolute atomic E-state index is 12.5. The van der Waals surface area contributed by atoms with Crippen molar-refractivity contribution < 1.29 is 9.59 Å². The van der Waals surface area contributed by atoms with E-state index in [2.05, 4.69) is 17.4 Å². The third-order valence-corrected chi connectivity index (χ3v) is 4.38. The third-order valence-electron chi connectivity index (χ3n) is 4.38. The van der Waals surface area contributed by atoms with E-state index in [0.29, 0.717) is 6.42 Å². The molecule has 0 bridgehead atoms. The average molecular weight is 316 g/mol. The van der Waals surface area contributed by atoms with Gasteiger partial charge in [0, 0.05) is 19.5 Å². The van der Waals surface area contributed by atoms with Crippen LogP contribution in [0.5, 0.6) is 0 Å². The van der Waals surface area contributed by atoms with Gasteiger partial charge < -0.3 is 10.2 Å². The lowest BCUT2D eigenvalue weighted by molar-refractivity contribution is -0.136. The first-order valence-electron chi connectivity index (χ1n) is 8.70. The number of aryl methyl sites for hydroxylation is 1. The van der Waals surface area contributed by atoms with Gasteiger partial charge in [0.25, 0.3) is 0 Å². The Kier molecular flexibility index (Phi) is 6.63. The molecule has 4 nitrogen and oxygen atoms in total. The summed E-state index contributed by atoms with van der Waals surface area (Å²) in [5.41, 5.74) is 1.24. The molecule has 1 fully saturated rings. The highest BCUT2D eigenvalue weighted by molar-refractivity contribution is 5.88. The van der Waals surface area contributed by atoms with Crippen LogP contribution in [0, 0.1) is 5.92 Å². The van der Waals surface area contributed by atoms with E-state index in [1.807, 2.05) is 36.9 Å². The maximum atomic E-state index is 12.5. The van der Waals surface area contributed by atoms with Crippen molar-refractivity contribution in [3.63, 3.8) is 0 Å². The Bertz CT molecular complexity index is 507. The van der Waals surface area contributed by atoms with Gasteiger partial charge >= 0.3 is 0 Å². The van der Waals surface area contributed by atoms with Crippen LogP contribution in [0.3, 0.4) is 0 Å². The fourth-order valence-electron chi connectivity index (χ4n) is 2.99. The fraction of sp³-hybridized carbons (Fsp3) is 0.579. The summed E-state index contributed by atoms with van der Waals surface area (Å²) in [6.45, 7) is 5.63. The lowest BCUT2D eigenvalue weighted by atomic mass is 10.0. The predicted octanol–water partition coefficient (Wildman–Crippen LogP) is 2.77. The molecule has 126 valence electrons. The average Bonchev–Trinajstić information content (AvgIpc) is 3.07. The summed E-state index contributed by atoms with van der Waals surface area (Å²) >= 11 is 0. The first-order chi connectivity index (χ1) is 11.1. The standard InChI is InChI=1S/C19H28N2O2/c1-15(2)18(19(23)21-13-6-7-14-21)20-17(22)12-8-11-16-9-4-3-5-10-16/h3-5,9-10,15,18H,6-8,11-14H2,1-2H3,(H,20,22). The number of nitrogens with zero attached hydrogens (tertiary/aromatic N) is 1. The summed E-state index contributed by atoms with van der Waals surface area (Å²) in [5, 5.41) is 2.95. The van der Waals surface area contributed by atoms with E-state index in [9.17, 15) is 9.59 Å². The number of amides is 2. The van der Waals surface area contributed by atoms with Crippen molar-refractivity contribution in [3.8, 4) is 0 Å². The SMILES string of the molecule is CC(C)C(NC(=O)CCCc1ccccc1)C(=O)N1CCCC1. The zero-order chi connectivity index (χ0) is 16.7. The first-order valence-corrected chi connectivity index (χ1v) is 8.70. The Balaban J connectivity index is 1.79. The van der Waals surface area contributed by atoms with E-state index in [1.54, 1.807) is 0 Å². The fourth-order valence-corrected chi connectivity index (χ4v) is 2.99. The molecule has 1 aliphatic heterocycles. The second kappa shape index (κ2) is 8.70. The van der Waals surface area contributed by atoms with Crippen molar-refractivity contribution in [2.45, 2.75) is 52.0 Å². The zero-order valence-corrected chi connectivity index (χ0v) is 14.3. The molecule has 2 amide bonds. The number of carbonyl (C=O) groups excluding carboxylic acids is 2. The Hall–Kier alpha value is -1.84. The summed E-state index contributed by atoms with van der Waals surface area (Å²) in [4.78, 5) is 26.6. The Morgan fingerprint density at radius 2 is 1.78 bits per heavy atom. The van der Waals surface area contributed by atoms with Gasteiger partial charge in [0.15, 0.2) is 0 Å². The van der Waals surface area contributed by atoms with Gasteiger partial charge in [-0.05, 0) is 37.2 Å². The third kappa shape index (κ3) is 5.38. The number of hydrogen-bond donors (Lipinski definition) is 1. The van der Waals surface area contributed by atoms with Gasteiger partial charge in [0.05, 0.1) is 0 Å². The minimum atomic E-state index is -0.391. The highest BCUT2D eigenvalue weighted by Gasteiger charge is 2.29.